The first-order valence-corrected chi connectivity index (χ1v) is 4.25. The van der Waals surface area contributed by atoms with Crippen LogP contribution in [0.25, 0.3) is 0 Å². The molecule has 1 N–H and O–H groups in total. The Morgan fingerprint density at radius 3 is 2.93 bits per heavy atom. The standard InChI is InChI=1S/C11H12FNO/c1-3-4-7-13-10-6-5-9(12)8-11(10)14-2/h5-6,8,13H,7H2,1-2H3. The van der Waals surface area contributed by atoms with E-state index in [-0.39, 0.29) is 5.82 Å². The van der Waals surface area contributed by atoms with Crippen LogP contribution in [-0.2, 0) is 0 Å². The molecule has 0 amide bonds. The van der Waals surface area contributed by atoms with Crippen molar-refractivity contribution in [3.05, 3.63) is 24.0 Å². The second-order valence-corrected chi connectivity index (χ2v) is 2.62. The molecular weight excluding hydrogens is 181 g/mol. The molecule has 0 unspecified atom stereocenters. The predicted molar refractivity (Wildman–Crippen MR) is 54.9 cm³/mol. The van der Waals surface area contributed by atoms with Crippen molar-refractivity contribution in [2.24, 2.45) is 0 Å². The van der Waals surface area contributed by atoms with Gasteiger partial charge in [0, 0.05) is 6.07 Å². The highest BCUT2D eigenvalue weighted by atomic mass is 19.1. The average Bonchev–Trinajstić information content (AvgIpc) is 2.20. The number of halogens is 1. The van der Waals surface area contributed by atoms with Crippen molar-refractivity contribution in [1.29, 1.82) is 0 Å². The van der Waals surface area contributed by atoms with Crippen molar-refractivity contribution < 1.29 is 9.13 Å². The van der Waals surface area contributed by atoms with Crippen molar-refractivity contribution in [3.63, 3.8) is 0 Å². The SMILES string of the molecule is CC#CCNc1ccc(F)cc1OC. The average molecular weight is 193 g/mol. The van der Waals surface area contributed by atoms with Crippen LogP contribution < -0.4 is 10.1 Å². The van der Waals surface area contributed by atoms with Crippen molar-refractivity contribution in [2.75, 3.05) is 19.0 Å². The fraction of sp³-hybridized carbons (Fsp3) is 0.273. The topological polar surface area (TPSA) is 21.3 Å². The van der Waals surface area contributed by atoms with Gasteiger partial charge in [0.1, 0.15) is 11.6 Å². The third-order valence-corrected chi connectivity index (χ3v) is 1.71. The molecule has 74 valence electrons. The Morgan fingerprint density at radius 2 is 2.29 bits per heavy atom. The Hall–Kier alpha value is -1.69. The van der Waals surface area contributed by atoms with E-state index in [1.54, 1.807) is 13.0 Å². The van der Waals surface area contributed by atoms with Crippen LogP contribution in [0.5, 0.6) is 5.75 Å². The number of hydrogen-bond acceptors (Lipinski definition) is 2. The molecule has 0 aromatic heterocycles. The predicted octanol–water partition coefficient (Wildman–Crippen LogP) is 2.27. The lowest BCUT2D eigenvalue weighted by Gasteiger charge is -2.08. The van der Waals surface area contributed by atoms with Gasteiger partial charge in [-0.2, -0.15) is 0 Å². The van der Waals surface area contributed by atoms with Gasteiger partial charge in [-0.1, -0.05) is 5.92 Å². The molecule has 0 aliphatic heterocycles. The number of benzene rings is 1. The van der Waals surface area contributed by atoms with Crippen LogP contribution in [0.3, 0.4) is 0 Å². The number of ether oxygens (including phenoxy) is 1. The van der Waals surface area contributed by atoms with Crippen molar-refractivity contribution in [3.8, 4) is 17.6 Å². The summed E-state index contributed by atoms with van der Waals surface area (Å²) >= 11 is 0. The number of nitrogens with one attached hydrogen (secondary N) is 1. The van der Waals surface area contributed by atoms with Crippen LogP contribution in [0.15, 0.2) is 18.2 Å². The molecule has 0 fully saturated rings. The summed E-state index contributed by atoms with van der Waals surface area (Å²) in [5.74, 6) is 5.79. The Morgan fingerprint density at radius 1 is 1.50 bits per heavy atom. The second-order valence-electron chi connectivity index (χ2n) is 2.62. The smallest absolute Gasteiger partial charge is 0.144 e. The molecule has 0 saturated carbocycles. The summed E-state index contributed by atoms with van der Waals surface area (Å²) in [6, 6.07) is 4.34. The van der Waals surface area contributed by atoms with E-state index < -0.39 is 0 Å². The summed E-state index contributed by atoms with van der Waals surface area (Å²) in [7, 11) is 1.51. The van der Waals surface area contributed by atoms with Gasteiger partial charge in [-0.05, 0) is 19.1 Å². The van der Waals surface area contributed by atoms with Gasteiger partial charge in [-0.3, -0.25) is 0 Å². The Kier molecular flexibility index (Phi) is 3.81. The minimum Gasteiger partial charge on any atom is -0.494 e. The lowest BCUT2D eigenvalue weighted by atomic mass is 10.3. The van der Waals surface area contributed by atoms with Crippen molar-refractivity contribution in [2.45, 2.75) is 6.92 Å². The van der Waals surface area contributed by atoms with E-state index in [0.717, 1.165) is 5.69 Å². The second kappa shape index (κ2) is 5.13. The Labute approximate surface area is 83.1 Å². The van der Waals surface area contributed by atoms with Crippen LogP contribution in [0, 0.1) is 17.7 Å². The molecule has 1 rings (SSSR count). The molecule has 0 bridgehead atoms. The van der Waals surface area contributed by atoms with E-state index in [1.807, 2.05) is 0 Å². The lowest BCUT2D eigenvalue weighted by Crippen LogP contribution is -2.01. The van der Waals surface area contributed by atoms with Crippen LogP contribution in [0.4, 0.5) is 10.1 Å². The maximum absolute atomic E-state index is 12.8. The van der Waals surface area contributed by atoms with Gasteiger partial charge in [-0.25, -0.2) is 4.39 Å². The highest BCUT2D eigenvalue weighted by Gasteiger charge is 2.02. The molecule has 2 nitrogen and oxygen atoms in total. The van der Waals surface area contributed by atoms with E-state index in [2.05, 4.69) is 17.2 Å². The molecule has 14 heavy (non-hydrogen) atoms. The lowest BCUT2D eigenvalue weighted by molar-refractivity contribution is 0.413. The van der Waals surface area contributed by atoms with E-state index in [4.69, 9.17) is 4.74 Å². The molecule has 0 atom stereocenters. The third kappa shape index (κ3) is 2.67. The van der Waals surface area contributed by atoms with Gasteiger partial charge >= 0.3 is 0 Å². The molecule has 0 aliphatic rings. The molecule has 0 saturated heterocycles. The largest absolute Gasteiger partial charge is 0.494 e. The van der Waals surface area contributed by atoms with Crippen LogP contribution in [-0.4, -0.2) is 13.7 Å². The number of rotatable bonds is 3. The summed E-state index contributed by atoms with van der Waals surface area (Å²) in [6.45, 7) is 2.29. The molecule has 3 heteroatoms. The fourth-order valence-electron chi connectivity index (χ4n) is 1.04. The summed E-state index contributed by atoms with van der Waals surface area (Å²) in [5.41, 5.74) is 0.747. The van der Waals surface area contributed by atoms with Gasteiger partial charge in [0.15, 0.2) is 0 Å². The van der Waals surface area contributed by atoms with Crippen molar-refractivity contribution >= 4 is 5.69 Å². The first kappa shape index (κ1) is 10.4. The highest BCUT2D eigenvalue weighted by Crippen LogP contribution is 2.24. The maximum atomic E-state index is 12.8. The molecular formula is C11H12FNO. The summed E-state index contributed by atoms with van der Waals surface area (Å²) in [6.07, 6.45) is 0. The van der Waals surface area contributed by atoms with Crippen LogP contribution >= 0.6 is 0 Å². The molecule has 1 aromatic rings. The third-order valence-electron chi connectivity index (χ3n) is 1.71. The zero-order valence-corrected chi connectivity index (χ0v) is 8.23. The fourth-order valence-corrected chi connectivity index (χ4v) is 1.04. The number of anilines is 1. The summed E-state index contributed by atoms with van der Waals surface area (Å²) in [4.78, 5) is 0. The molecule has 0 aliphatic carbocycles. The van der Waals surface area contributed by atoms with Gasteiger partial charge in [0.2, 0.25) is 0 Å². The van der Waals surface area contributed by atoms with Gasteiger partial charge < -0.3 is 10.1 Å². The van der Waals surface area contributed by atoms with Gasteiger partial charge in [-0.15, -0.1) is 5.92 Å². The number of methoxy groups -OCH3 is 1. The van der Waals surface area contributed by atoms with Crippen molar-refractivity contribution in [1.82, 2.24) is 0 Å². The first-order chi connectivity index (χ1) is 6.77. The number of hydrogen-bond donors (Lipinski definition) is 1. The minimum absolute atomic E-state index is 0.311. The van der Waals surface area contributed by atoms with Gasteiger partial charge in [0.05, 0.1) is 19.3 Å². The summed E-state index contributed by atoms with van der Waals surface area (Å²) in [5, 5.41) is 3.03. The van der Waals surface area contributed by atoms with E-state index in [0.29, 0.717) is 12.3 Å². The quantitative estimate of drug-likeness (QED) is 0.743. The molecule has 0 heterocycles. The van der Waals surface area contributed by atoms with E-state index >= 15 is 0 Å². The normalized spacial score (nSPS) is 8.79. The van der Waals surface area contributed by atoms with E-state index in [1.165, 1.54) is 19.2 Å². The van der Waals surface area contributed by atoms with Crippen LogP contribution in [0.2, 0.25) is 0 Å². The van der Waals surface area contributed by atoms with E-state index in [9.17, 15) is 4.39 Å². The highest BCUT2D eigenvalue weighted by molar-refractivity contribution is 5.56. The summed E-state index contributed by atoms with van der Waals surface area (Å²) < 4.78 is 17.8. The minimum atomic E-state index is -0.311. The monoisotopic (exact) mass is 193 g/mol. The Bertz CT molecular complexity index is 365. The molecule has 0 radical (unpaired) electrons. The first-order valence-electron chi connectivity index (χ1n) is 4.25. The zero-order chi connectivity index (χ0) is 10.4. The zero-order valence-electron chi connectivity index (χ0n) is 8.23. The molecule has 0 spiro atoms. The Balaban J connectivity index is 2.78. The van der Waals surface area contributed by atoms with Crippen LogP contribution in [0.1, 0.15) is 6.92 Å². The molecule has 1 aromatic carbocycles. The van der Waals surface area contributed by atoms with Gasteiger partial charge in [0.25, 0.3) is 0 Å². The maximum Gasteiger partial charge on any atom is 0.144 e.